The highest BCUT2D eigenvalue weighted by Gasteiger charge is 2.16. The fourth-order valence-electron chi connectivity index (χ4n) is 2.36. The Labute approximate surface area is 123 Å². The van der Waals surface area contributed by atoms with E-state index >= 15 is 0 Å². The number of carbonyl (C=O) groups is 1. The first kappa shape index (κ1) is 13.4. The summed E-state index contributed by atoms with van der Waals surface area (Å²) in [6, 6.07) is 15.8. The number of nitrogens with zero attached hydrogens (tertiary/aromatic N) is 2. The van der Waals surface area contributed by atoms with E-state index in [4.69, 9.17) is 4.74 Å². The van der Waals surface area contributed by atoms with E-state index in [1.54, 1.807) is 17.7 Å². The van der Waals surface area contributed by atoms with Crippen LogP contribution < -0.4 is 0 Å². The molecular formula is C17H16N2O2. The van der Waals surface area contributed by atoms with E-state index in [0.717, 1.165) is 22.2 Å². The van der Waals surface area contributed by atoms with Crippen LogP contribution in [0, 0.1) is 6.92 Å². The molecule has 3 aromatic rings. The number of aryl methyl sites for hydroxylation is 1. The van der Waals surface area contributed by atoms with Gasteiger partial charge in [0.1, 0.15) is 0 Å². The van der Waals surface area contributed by atoms with E-state index in [1.165, 1.54) is 0 Å². The molecule has 0 fully saturated rings. The van der Waals surface area contributed by atoms with Gasteiger partial charge in [0, 0.05) is 0 Å². The van der Waals surface area contributed by atoms with E-state index in [9.17, 15) is 4.79 Å². The zero-order chi connectivity index (χ0) is 14.8. The Bertz CT molecular complexity index is 805. The Morgan fingerprint density at radius 3 is 2.67 bits per heavy atom. The number of fused-ring (bicyclic) bond motifs is 1. The summed E-state index contributed by atoms with van der Waals surface area (Å²) >= 11 is 0. The minimum atomic E-state index is -0.355. The zero-order valence-corrected chi connectivity index (χ0v) is 12.0. The maximum Gasteiger partial charge on any atom is 0.357 e. The largest absolute Gasteiger partial charge is 0.461 e. The fourth-order valence-corrected chi connectivity index (χ4v) is 2.36. The Morgan fingerprint density at radius 2 is 1.90 bits per heavy atom. The van der Waals surface area contributed by atoms with Crippen LogP contribution in [0.1, 0.15) is 23.1 Å². The first-order valence-corrected chi connectivity index (χ1v) is 6.92. The molecule has 3 rings (SSSR count). The van der Waals surface area contributed by atoms with Crippen LogP contribution in [0.15, 0.2) is 48.5 Å². The first-order valence-electron chi connectivity index (χ1n) is 6.92. The summed E-state index contributed by atoms with van der Waals surface area (Å²) in [6.45, 7) is 4.00. The third-order valence-electron chi connectivity index (χ3n) is 3.29. The van der Waals surface area contributed by atoms with Crippen molar-refractivity contribution in [3.63, 3.8) is 0 Å². The van der Waals surface area contributed by atoms with Gasteiger partial charge in [-0.25, -0.2) is 9.48 Å². The van der Waals surface area contributed by atoms with Crippen molar-refractivity contribution in [1.29, 1.82) is 0 Å². The predicted molar refractivity (Wildman–Crippen MR) is 81.8 cm³/mol. The molecule has 2 aromatic carbocycles. The highest BCUT2D eigenvalue weighted by molar-refractivity contribution is 5.89. The molecule has 0 radical (unpaired) electrons. The van der Waals surface area contributed by atoms with Crippen LogP contribution >= 0.6 is 0 Å². The molecule has 0 aliphatic carbocycles. The van der Waals surface area contributed by atoms with Gasteiger partial charge >= 0.3 is 5.97 Å². The van der Waals surface area contributed by atoms with Crippen molar-refractivity contribution in [1.82, 2.24) is 9.78 Å². The molecule has 1 heterocycles. The van der Waals surface area contributed by atoms with Gasteiger partial charge in [-0.3, -0.25) is 0 Å². The van der Waals surface area contributed by atoms with Gasteiger partial charge in [-0.05, 0) is 42.8 Å². The standard InChI is InChI=1S/C17H16N2O2/c1-3-21-17(20)16-10-12(2)18-19(16)15-9-8-13-6-4-5-7-14(13)11-15/h4-11H,3H2,1-2H3. The van der Waals surface area contributed by atoms with Crippen molar-refractivity contribution < 1.29 is 9.53 Å². The average molecular weight is 280 g/mol. The van der Waals surface area contributed by atoms with Crippen molar-refractivity contribution in [2.75, 3.05) is 6.61 Å². The maximum atomic E-state index is 12.0. The molecule has 106 valence electrons. The summed E-state index contributed by atoms with van der Waals surface area (Å²) in [5, 5.41) is 6.67. The van der Waals surface area contributed by atoms with Gasteiger partial charge in [-0.2, -0.15) is 5.10 Å². The molecule has 0 N–H and O–H groups in total. The summed E-state index contributed by atoms with van der Waals surface area (Å²) in [5.41, 5.74) is 2.08. The summed E-state index contributed by atoms with van der Waals surface area (Å²) in [5.74, 6) is -0.355. The Hall–Kier alpha value is -2.62. The molecule has 21 heavy (non-hydrogen) atoms. The van der Waals surface area contributed by atoms with Gasteiger partial charge in [0.05, 0.1) is 18.0 Å². The topological polar surface area (TPSA) is 44.1 Å². The van der Waals surface area contributed by atoms with Crippen LogP contribution in [-0.2, 0) is 4.74 Å². The molecule has 0 aliphatic rings. The number of rotatable bonds is 3. The lowest BCUT2D eigenvalue weighted by Gasteiger charge is -2.08. The molecule has 4 nitrogen and oxygen atoms in total. The third kappa shape index (κ3) is 2.52. The van der Waals surface area contributed by atoms with Crippen LogP contribution in [0.3, 0.4) is 0 Å². The molecule has 0 aliphatic heterocycles. The summed E-state index contributed by atoms with van der Waals surface area (Å²) in [7, 11) is 0. The summed E-state index contributed by atoms with van der Waals surface area (Å²) in [6.07, 6.45) is 0. The Kier molecular flexibility index (Phi) is 3.44. The number of ether oxygens (including phenoxy) is 1. The van der Waals surface area contributed by atoms with Gasteiger partial charge < -0.3 is 4.74 Å². The zero-order valence-electron chi connectivity index (χ0n) is 12.0. The van der Waals surface area contributed by atoms with Crippen molar-refractivity contribution in [3.8, 4) is 5.69 Å². The molecule has 0 saturated carbocycles. The molecule has 0 spiro atoms. The van der Waals surface area contributed by atoms with Crippen LogP contribution in [0.5, 0.6) is 0 Å². The number of carbonyl (C=O) groups excluding carboxylic acids is 1. The van der Waals surface area contributed by atoms with Crippen LogP contribution in [-0.4, -0.2) is 22.4 Å². The monoisotopic (exact) mass is 280 g/mol. The van der Waals surface area contributed by atoms with Crippen molar-refractivity contribution in [2.45, 2.75) is 13.8 Å². The quantitative estimate of drug-likeness (QED) is 0.690. The number of hydrogen-bond acceptors (Lipinski definition) is 3. The third-order valence-corrected chi connectivity index (χ3v) is 3.29. The van der Waals surface area contributed by atoms with Gasteiger partial charge in [-0.1, -0.05) is 30.3 Å². The molecule has 0 saturated heterocycles. The normalized spacial score (nSPS) is 10.8. The summed E-state index contributed by atoms with van der Waals surface area (Å²) < 4.78 is 6.73. The van der Waals surface area contributed by atoms with E-state index in [2.05, 4.69) is 11.2 Å². The minimum absolute atomic E-state index is 0.348. The second kappa shape index (κ2) is 5.40. The number of benzene rings is 2. The van der Waals surface area contributed by atoms with E-state index in [1.807, 2.05) is 43.3 Å². The van der Waals surface area contributed by atoms with Crippen molar-refractivity contribution in [3.05, 3.63) is 59.9 Å². The number of aromatic nitrogens is 2. The smallest absolute Gasteiger partial charge is 0.357 e. The molecule has 0 atom stereocenters. The lowest BCUT2D eigenvalue weighted by atomic mass is 10.1. The average Bonchev–Trinajstić information content (AvgIpc) is 2.89. The minimum Gasteiger partial charge on any atom is -0.461 e. The number of esters is 1. The van der Waals surface area contributed by atoms with Crippen molar-refractivity contribution >= 4 is 16.7 Å². The molecule has 0 unspecified atom stereocenters. The lowest BCUT2D eigenvalue weighted by molar-refractivity contribution is 0.0515. The maximum absolute atomic E-state index is 12.0. The van der Waals surface area contributed by atoms with Crippen LogP contribution in [0.2, 0.25) is 0 Å². The highest BCUT2D eigenvalue weighted by atomic mass is 16.5. The molecular weight excluding hydrogens is 264 g/mol. The fraction of sp³-hybridized carbons (Fsp3) is 0.176. The van der Waals surface area contributed by atoms with E-state index < -0.39 is 0 Å². The van der Waals surface area contributed by atoms with Crippen LogP contribution in [0.25, 0.3) is 16.5 Å². The Balaban J connectivity index is 2.11. The highest BCUT2D eigenvalue weighted by Crippen LogP contribution is 2.20. The molecule has 1 aromatic heterocycles. The number of hydrogen-bond donors (Lipinski definition) is 0. The molecule has 4 heteroatoms. The molecule has 0 amide bonds. The van der Waals surface area contributed by atoms with Gasteiger partial charge in [0.25, 0.3) is 0 Å². The predicted octanol–water partition coefficient (Wildman–Crippen LogP) is 3.51. The van der Waals surface area contributed by atoms with Gasteiger partial charge in [0.15, 0.2) is 5.69 Å². The van der Waals surface area contributed by atoms with Gasteiger partial charge in [0.2, 0.25) is 0 Å². The Morgan fingerprint density at radius 1 is 1.14 bits per heavy atom. The van der Waals surface area contributed by atoms with E-state index in [0.29, 0.717) is 12.3 Å². The molecule has 0 bridgehead atoms. The van der Waals surface area contributed by atoms with E-state index in [-0.39, 0.29) is 5.97 Å². The second-order valence-electron chi connectivity index (χ2n) is 4.83. The lowest BCUT2D eigenvalue weighted by Crippen LogP contribution is -2.11. The second-order valence-corrected chi connectivity index (χ2v) is 4.83. The summed E-state index contributed by atoms with van der Waals surface area (Å²) in [4.78, 5) is 12.0. The SMILES string of the molecule is CCOC(=O)c1cc(C)nn1-c1ccc2ccccc2c1. The van der Waals surface area contributed by atoms with Crippen LogP contribution in [0.4, 0.5) is 0 Å². The van der Waals surface area contributed by atoms with Crippen molar-refractivity contribution in [2.24, 2.45) is 0 Å². The van der Waals surface area contributed by atoms with Gasteiger partial charge in [-0.15, -0.1) is 0 Å². The first-order chi connectivity index (χ1) is 10.2.